The molecule has 2 rings (SSSR count). The summed E-state index contributed by atoms with van der Waals surface area (Å²) in [6, 6.07) is 0.407. The normalized spacial score (nSPS) is 23.9. The van der Waals surface area contributed by atoms with Gasteiger partial charge < -0.3 is 20.3 Å². The molecule has 1 saturated carbocycles. The third-order valence-corrected chi connectivity index (χ3v) is 4.12. The molecule has 1 unspecified atom stereocenters. The number of hydrogen-bond donors (Lipinski definition) is 1. The zero-order valence-electron chi connectivity index (χ0n) is 13.8. The fourth-order valence-electron chi connectivity index (χ4n) is 3.04. The maximum Gasteiger partial charge on any atom is 0.410 e. The second-order valence-electron chi connectivity index (χ2n) is 7.46. The molecule has 5 heteroatoms. The Bertz CT molecular complexity index is 348. The van der Waals surface area contributed by atoms with Crippen molar-refractivity contribution in [2.75, 3.05) is 32.7 Å². The third-order valence-electron chi connectivity index (χ3n) is 4.12. The van der Waals surface area contributed by atoms with E-state index >= 15 is 0 Å². The van der Waals surface area contributed by atoms with Crippen LogP contribution < -0.4 is 5.73 Å². The average molecular weight is 297 g/mol. The largest absolute Gasteiger partial charge is 0.444 e. The van der Waals surface area contributed by atoms with Crippen LogP contribution in [0.25, 0.3) is 0 Å². The van der Waals surface area contributed by atoms with Crippen molar-refractivity contribution in [3.63, 3.8) is 0 Å². The number of piperidine rings is 1. The maximum absolute atomic E-state index is 12.4. The number of nitrogens with two attached hydrogens (primary N) is 1. The molecule has 1 amide bonds. The summed E-state index contributed by atoms with van der Waals surface area (Å²) in [5.41, 5.74) is 5.24. The summed E-state index contributed by atoms with van der Waals surface area (Å²) in [5.74, 6) is 0.554. The van der Waals surface area contributed by atoms with E-state index in [1.165, 1.54) is 12.8 Å². The molecule has 0 aromatic heterocycles. The van der Waals surface area contributed by atoms with Crippen molar-refractivity contribution in [3.05, 3.63) is 0 Å². The van der Waals surface area contributed by atoms with Crippen molar-refractivity contribution in [3.8, 4) is 0 Å². The van der Waals surface area contributed by atoms with Crippen LogP contribution in [0.2, 0.25) is 0 Å². The minimum absolute atomic E-state index is 0.138. The number of amides is 1. The van der Waals surface area contributed by atoms with Crippen LogP contribution in [0, 0.1) is 5.92 Å². The Balaban J connectivity index is 1.89. The predicted octanol–water partition coefficient (Wildman–Crippen LogP) is 2.06. The van der Waals surface area contributed by atoms with Gasteiger partial charge in [-0.15, -0.1) is 0 Å². The first-order valence-electron chi connectivity index (χ1n) is 8.31. The van der Waals surface area contributed by atoms with Crippen LogP contribution in [-0.2, 0) is 4.74 Å². The molecular weight excluding hydrogens is 266 g/mol. The zero-order chi connectivity index (χ0) is 15.5. The van der Waals surface area contributed by atoms with Crippen molar-refractivity contribution >= 4 is 6.09 Å². The van der Waals surface area contributed by atoms with Gasteiger partial charge >= 0.3 is 6.09 Å². The Morgan fingerprint density at radius 2 is 2.05 bits per heavy atom. The van der Waals surface area contributed by atoms with E-state index in [0.29, 0.717) is 18.5 Å². The van der Waals surface area contributed by atoms with Gasteiger partial charge in [0.25, 0.3) is 0 Å². The molecular formula is C16H31N3O2. The molecule has 1 atom stereocenters. The van der Waals surface area contributed by atoms with Crippen molar-refractivity contribution in [1.29, 1.82) is 0 Å². The molecule has 21 heavy (non-hydrogen) atoms. The lowest BCUT2D eigenvalue weighted by Gasteiger charge is -2.36. The molecule has 0 radical (unpaired) electrons. The third kappa shape index (κ3) is 5.47. The number of hydrogen-bond acceptors (Lipinski definition) is 4. The quantitative estimate of drug-likeness (QED) is 0.844. The fraction of sp³-hybridized carbons (Fsp3) is 0.938. The lowest BCUT2D eigenvalue weighted by Crippen LogP contribution is -2.46. The highest BCUT2D eigenvalue weighted by molar-refractivity contribution is 5.69. The number of likely N-dealkylation sites (tertiary alicyclic amines) is 1. The van der Waals surface area contributed by atoms with Gasteiger partial charge in [-0.05, 0) is 58.9 Å². The highest BCUT2D eigenvalue weighted by Gasteiger charge is 2.37. The minimum atomic E-state index is -0.414. The number of ether oxygens (including phenoxy) is 1. The van der Waals surface area contributed by atoms with Gasteiger partial charge in [-0.25, -0.2) is 4.79 Å². The first kappa shape index (κ1) is 16.6. The van der Waals surface area contributed by atoms with Crippen molar-refractivity contribution in [1.82, 2.24) is 9.80 Å². The number of carbonyl (C=O) groups is 1. The van der Waals surface area contributed by atoms with Gasteiger partial charge in [-0.3, -0.25) is 0 Å². The standard InChI is InChI=1S/C16H31N3O2/c1-16(2,3)21-15(20)19(14-6-7-14)12-13-5-4-9-18(11-13)10-8-17/h13-14H,4-12,17H2,1-3H3. The lowest BCUT2D eigenvalue weighted by atomic mass is 9.97. The van der Waals surface area contributed by atoms with E-state index in [-0.39, 0.29) is 6.09 Å². The Morgan fingerprint density at radius 3 is 2.62 bits per heavy atom. The maximum atomic E-state index is 12.4. The van der Waals surface area contributed by atoms with Gasteiger partial charge in [0.1, 0.15) is 5.60 Å². The van der Waals surface area contributed by atoms with Gasteiger partial charge in [-0.1, -0.05) is 0 Å². The second kappa shape index (κ2) is 6.97. The molecule has 5 nitrogen and oxygen atoms in total. The van der Waals surface area contributed by atoms with Crippen molar-refractivity contribution < 1.29 is 9.53 Å². The van der Waals surface area contributed by atoms with E-state index in [1.54, 1.807) is 0 Å². The van der Waals surface area contributed by atoms with E-state index < -0.39 is 5.60 Å². The van der Waals surface area contributed by atoms with E-state index in [0.717, 1.165) is 39.0 Å². The van der Waals surface area contributed by atoms with E-state index in [2.05, 4.69) is 4.90 Å². The summed E-state index contributed by atoms with van der Waals surface area (Å²) in [7, 11) is 0. The average Bonchev–Trinajstić information content (AvgIpc) is 3.19. The summed E-state index contributed by atoms with van der Waals surface area (Å²) in [6.45, 7) is 10.5. The topological polar surface area (TPSA) is 58.8 Å². The zero-order valence-corrected chi connectivity index (χ0v) is 13.8. The predicted molar refractivity (Wildman–Crippen MR) is 84.2 cm³/mol. The monoisotopic (exact) mass is 297 g/mol. The Hall–Kier alpha value is -0.810. The van der Waals surface area contributed by atoms with Gasteiger partial charge in [0.2, 0.25) is 0 Å². The van der Waals surface area contributed by atoms with Crippen LogP contribution in [-0.4, -0.2) is 60.3 Å². The van der Waals surface area contributed by atoms with Gasteiger partial charge in [0, 0.05) is 32.2 Å². The first-order valence-corrected chi connectivity index (χ1v) is 8.31. The van der Waals surface area contributed by atoms with Gasteiger partial charge in [0.05, 0.1) is 0 Å². The van der Waals surface area contributed by atoms with Crippen LogP contribution in [0.15, 0.2) is 0 Å². The molecule has 0 aromatic carbocycles. The van der Waals surface area contributed by atoms with Crippen LogP contribution in [0.5, 0.6) is 0 Å². The number of rotatable bonds is 5. The number of nitrogens with zero attached hydrogens (tertiary/aromatic N) is 2. The van der Waals surface area contributed by atoms with Crippen LogP contribution in [0.3, 0.4) is 0 Å². The Kier molecular flexibility index (Phi) is 5.49. The summed E-state index contributed by atoms with van der Waals surface area (Å²) < 4.78 is 5.57. The van der Waals surface area contributed by atoms with Crippen molar-refractivity contribution in [2.24, 2.45) is 11.7 Å². The second-order valence-corrected chi connectivity index (χ2v) is 7.46. The summed E-state index contributed by atoms with van der Waals surface area (Å²) in [5, 5.41) is 0. The molecule has 122 valence electrons. The smallest absolute Gasteiger partial charge is 0.410 e. The van der Waals surface area contributed by atoms with E-state index in [4.69, 9.17) is 10.5 Å². The molecule has 2 fully saturated rings. The van der Waals surface area contributed by atoms with Crippen LogP contribution in [0.4, 0.5) is 4.79 Å². The molecule has 2 N–H and O–H groups in total. The minimum Gasteiger partial charge on any atom is -0.444 e. The summed E-state index contributed by atoms with van der Waals surface area (Å²) in [6.07, 6.45) is 4.52. The van der Waals surface area contributed by atoms with Gasteiger partial charge in [-0.2, -0.15) is 0 Å². The summed E-state index contributed by atoms with van der Waals surface area (Å²) in [4.78, 5) is 16.8. The van der Waals surface area contributed by atoms with Crippen LogP contribution in [0.1, 0.15) is 46.5 Å². The highest BCUT2D eigenvalue weighted by Crippen LogP contribution is 2.30. The Labute approximate surface area is 128 Å². The van der Waals surface area contributed by atoms with Crippen molar-refractivity contribution in [2.45, 2.75) is 58.1 Å². The molecule has 1 saturated heterocycles. The molecule has 0 aromatic rings. The van der Waals surface area contributed by atoms with E-state index in [9.17, 15) is 4.79 Å². The molecule has 1 aliphatic heterocycles. The first-order chi connectivity index (χ1) is 9.89. The molecule has 1 heterocycles. The Morgan fingerprint density at radius 1 is 1.33 bits per heavy atom. The fourth-order valence-corrected chi connectivity index (χ4v) is 3.04. The SMILES string of the molecule is CC(C)(C)OC(=O)N(CC1CCCN(CCN)C1)C1CC1. The number of carbonyl (C=O) groups excluding carboxylic acids is 1. The van der Waals surface area contributed by atoms with Crippen LogP contribution >= 0.6 is 0 Å². The molecule has 2 aliphatic rings. The highest BCUT2D eigenvalue weighted by atomic mass is 16.6. The molecule has 1 aliphatic carbocycles. The molecule has 0 spiro atoms. The van der Waals surface area contributed by atoms with E-state index in [1.807, 2.05) is 25.7 Å². The summed E-state index contributed by atoms with van der Waals surface area (Å²) >= 11 is 0. The van der Waals surface area contributed by atoms with Gasteiger partial charge in [0.15, 0.2) is 0 Å². The lowest BCUT2D eigenvalue weighted by molar-refractivity contribution is 0.0170. The molecule has 0 bridgehead atoms.